The predicted octanol–water partition coefficient (Wildman–Crippen LogP) is -0.556. The number of likely N-dealkylation sites (tertiary alicyclic amines) is 1. The fourth-order valence-electron chi connectivity index (χ4n) is 3.48. The molecule has 1 unspecified atom stereocenters. The number of carbonyl (C=O) groups is 3. The van der Waals surface area contributed by atoms with Gasteiger partial charge in [-0.15, -0.1) is 0 Å². The maximum Gasteiger partial charge on any atom is 0.407 e. The van der Waals surface area contributed by atoms with Gasteiger partial charge in [0.2, 0.25) is 11.8 Å². The molecule has 29 heavy (non-hydrogen) atoms. The molecule has 1 aromatic carbocycles. The van der Waals surface area contributed by atoms with Crippen LogP contribution in [0.1, 0.15) is 12.5 Å². The Hall–Kier alpha value is -3.30. The van der Waals surface area contributed by atoms with Crippen molar-refractivity contribution in [1.82, 2.24) is 15.1 Å². The Morgan fingerprint density at radius 3 is 2.48 bits per heavy atom. The van der Waals surface area contributed by atoms with Gasteiger partial charge in [0, 0.05) is 39.5 Å². The van der Waals surface area contributed by atoms with Gasteiger partial charge in [0.25, 0.3) is 0 Å². The third kappa shape index (κ3) is 6.09. The fraction of sp³-hybridized carbons (Fsp3) is 0.474. The molecule has 10 nitrogen and oxygen atoms in total. The average molecular weight is 404 g/mol. The summed E-state index contributed by atoms with van der Waals surface area (Å²) < 4.78 is 0. The number of aliphatic imine (C=N–C) groups is 1. The number of amides is 3. The van der Waals surface area contributed by atoms with Gasteiger partial charge in [-0.1, -0.05) is 30.3 Å². The van der Waals surface area contributed by atoms with E-state index >= 15 is 0 Å². The van der Waals surface area contributed by atoms with E-state index in [0.29, 0.717) is 13.0 Å². The van der Waals surface area contributed by atoms with Crippen LogP contribution in [0.25, 0.3) is 0 Å². The van der Waals surface area contributed by atoms with E-state index in [1.165, 1.54) is 11.8 Å². The lowest BCUT2D eigenvalue weighted by Crippen LogP contribution is -2.54. The first-order chi connectivity index (χ1) is 13.7. The first kappa shape index (κ1) is 22.0. The normalized spacial score (nSPS) is 19.3. The number of nitrogens with zero attached hydrogens (tertiary/aromatic N) is 3. The first-order valence-electron chi connectivity index (χ1n) is 9.31. The van der Waals surface area contributed by atoms with E-state index in [1.54, 1.807) is 7.05 Å². The Kier molecular flexibility index (Phi) is 7.40. The number of nitrogens with two attached hydrogens (primary N) is 2. The van der Waals surface area contributed by atoms with Crippen LogP contribution in [-0.2, 0) is 16.0 Å². The van der Waals surface area contributed by atoms with Crippen LogP contribution in [0, 0.1) is 5.92 Å². The van der Waals surface area contributed by atoms with Gasteiger partial charge in [-0.25, -0.2) is 9.79 Å². The molecule has 158 valence electrons. The molecule has 2 rings (SSSR count). The number of hydrogen-bond donors (Lipinski definition) is 4. The van der Waals surface area contributed by atoms with E-state index in [4.69, 9.17) is 11.5 Å². The zero-order valence-corrected chi connectivity index (χ0v) is 16.6. The van der Waals surface area contributed by atoms with Crippen molar-refractivity contribution in [3.8, 4) is 0 Å². The van der Waals surface area contributed by atoms with Crippen molar-refractivity contribution in [2.45, 2.75) is 25.4 Å². The molecule has 0 aromatic heterocycles. The second-order valence-electron chi connectivity index (χ2n) is 7.15. The molecule has 0 aliphatic carbocycles. The highest BCUT2D eigenvalue weighted by molar-refractivity contribution is 5.87. The van der Waals surface area contributed by atoms with Crippen molar-refractivity contribution < 1.29 is 19.5 Å². The van der Waals surface area contributed by atoms with Crippen LogP contribution in [0.4, 0.5) is 4.79 Å². The molecular formula is C19H28N6O4. The summed E-state index contributed by atoms with van der Waals surface area (Å²) in [6.07, 6.45) is -0.478. The van der Waals surface area contributed by atoms with E-state index in [1.807, 2.05) is 30.3 Å². The maximum absolute atomic E-state index is 13.1. The van der Waals surface area contributed by atoms with E-state index in [0.717, 1.165) is 10.5 Å². The van der Waals surface area contributed by atoms with Gasteiger partial charge in [-0.05, 0) is 12.0 Å². The van der Waals surface area contributed by atoms with Crippen LogP contribution >= 0.6 is 0 Å². The molecule has 1 aliphatic rings. The number of carboxylic acid groups (broad SMARTS) is 1. The van der Waals surface area contributed by atoms with Crippen LogP contribution < -0.4 is 16.8 Å². The van der Waals surface area contributed by atoms with Crippen molar-refractivity contribution in [3.05, 3.63) is 35.9 Å². The van der Waals surface area contributed by atoms with Gasteiger partial charge < -0.3 is 31.7 Å². The second-order valence-corrected chi connectivity index (χ2v) is 7.15. The van der Waals surface area contributed by atoms with E-state index in [2.05, 4.69) is 10.3 Å². The van der Waals surface area contributed by atoms with Gasteiger partial charge in [0.15, 0.2) is 5.96 Å². The fourth-order valence-corrected chi connectivity index (χ4v) is 3.48. The van der Waals surface area contributed by atoms with Crippen LogP contribution in [0.5, 0.6) is 0 Å². The highest BCUT2D eigenvalue weighted by atomic mass is 16.4. The van der Waals surface area contributed by atoms with Crippen molar-refractivity contribution in [2.75, 3.05) is 26.7 Å². The van der Waals surface area contributed by atoms with Crippen molar-refractivity contribution in [3.63, 3.8) is 0 Å². The summed E-state index contributed by atoms with van der Waals surface area (Å²) in [5.74, 6) is -1.48. The van der Waals surface area contributed by atoms with E-state index in [-0.39, 0.29) is 25.0 Å². The molecule has 1 fully saturated rings. The zero-order valence-electron chi connectivity index (χ0n) is 16.6. The zero-order chi connectivity index (χ0) is 21.6. The number of rotatable bonds is 7. The third-order valence-electron chi connectivity index (χ3n) is 4.93. The molecule has 6 N–H and O–H groups in total. The minimum atomic E-state index is -1.13. The molecule has 10 heteroatoms. The van der Waals surface area contributed by atoms with E-state index in [9.17, 15) is 19.5 Å². The molecule has 0 bridgehead atoms. The summed E-state index contributed by atoms with van der Waals surface area (Å²) in [6.45, 7) is 1.85. The molecule has 1 aliphatic heterocycles. The highest BCUT2D eigenvalue weighted by Gasteiger charge is 2.44. The summed E-state index contributed by atoms with van der Waals surface area (Å²) in [5, 5.41) is 12.0. The topological polar surface area (TPSA) is 154 Å². The van der Waals surface area contributed by atoms with Crippen molar-refractivity contribution in [2.24, 2.45) is 22.4 Å². The Morgan fingerprint density at radius 2 is 1.93 bits per heavy atom. The molecule has 0 radical (unpaired) electrons. The Balaban J connectivity index is 2.19. The molecule has 0 spiro atoms. The average Bonchev–Trinajstić information content (AvgIpc) is 3.07. The van der Waals surface area contributed by atoms with Crippen LogP contribution in [0.3, 0.4) is 0 Å². The van der Waals surface area contributed by atoms with E-state index < -0.39 is 30.0 Å². The summed E-state index contributed by atoms with van der Waals surface area (Å²) in [5.41, 5.74) is 12.1. The number of guanidine groups is 1. The van der Waals surface area contributed by atoms with Crippen molar-refractivity contribution >= 4 is 23.9 Å². The van der Waals surface area contributed by atoms with Gasteiger partial charge in [0.1, 0.15) is 6.04 Å². The number of nitrogens with one attached hydrogen (secondary N) is 1. The number of likely N-dealkylation sites (N-methyl/N-ethyl adjacent to an activating group) is 1. The van der Waals surface area contributed by atoms with Gasteiger partial charge in [-0.2, -0.15) is 0 Å². The summed E-state index contributed by atoms with van der Waals surface area (Å²) in [7, 11) is 1.65. The smallest absolute Gasteiger partial charge is 0.407 e. The standard InChI is InChI=1S/C19H28N6O4/c1-12(26)22-16(14-10-25(19(28)29)11-15(14)23-18(20)21)17(27)24(2)9-8-13-6-4-3-5-7-13/h3-7,14-16H,8-11H2,1-2H3,(H,22,26)(H,28,29)(H4,20,21,23)/t14-,15-,16?/m0/s1. The Morgan fingerprint density at radius 1 is 1.28 bits per heavy atom. The van der Waals surface area contributed by atoms with Crippen molar-refractivity contribution in [1.29, 1.82) is 0 Å². The van der Waals surface area contributed by atoms with Crippen LogP contribution in [-0.4, -0.2) is 77.5 Å². The lowest BCUT2D eigenvalue weighted by atomic mass is 9.93. The number of benzene rings is 1. The molecule has 1 aromatic rings. The number of carbonyl (C=O) groups excluding carboxylic acids is 2. The number of hydrogen-bond acceptors (Lipinski definition) is 4. The van der Waals surface area contributed by atoms with Gasteiger partial charge in [0.05, 0.1) is 6.04 Å². The minimum Gasteiger partial charge on any atom is -0.465 e. The Bertz CT molecular complexity index is 765. The molecule has 1 saturated heterocycles. The van der Waals surface area contributed by atoms with Crippen LogP contribution in [0.2, 0.25) is 0 Å². The summed E-state index contributed by atoms with van der Waals surface area (Å²) in [4.78, 5) is 43.1. The predicted molar refractivity (Wildman–Crippen MR) is 108 cm³/mol. The second kappa shape index (κ2) is 9.76. The van der Waals surface area contributed by atoms with Gasteiger partial charge >= 0.3 is 6.09 Å². The molecule has 3 atom stereocenters. The molecule has 1 heterocycles. The molecule has 0 saturated carbocycles. The van der Waals surface area contributed by atoms with Gasteiger partial charge in [-0.3, -0.25) is 9.59 Å². The lowest BCUT2D eigenvalue weighted by molar-refractivity contribution is -0.136. The summed E-state index contributed by atoms with van der Waals surface area (Å²) in [6, 6.07) is 8.15. The SMILES string of the molecule is CC(=O)NC(C(=O)N(C)CCc1ccccc1)[C@H]1CN(C(=O)O)C[C@@H]1N=C(N)N. The largest absolute Gasteiger partial charge is 0.465 e. The Labute approximate surface area is 169 Å². The molecular weight excluding hydrogens is 376 g/mol. The quantitative estimate of drug-likeness (QED) is 0.353. The minimum absolute atomic E-state index is 0.0417. The lowest BCUT2D eigenvalue weighted by Gasteiger charge is -2.29. The van der Waals surface area contributed by atoms with Crippen LogP contribution in [0.15, 0.2) is 35.3 Å². The first-order valence-corrected chi connectivity index (χ1v) is 9.31. The monoisotopic (exact) mass is 404 g/mol. The third-order valence-corrected chi connectivity index (χ3v) is 4.93. The summed E-state index contributed by atoms with van der Waals surface area (Å²) >= 11 is 0. The highest BCUT2D eigenvalue weighted by Crippen LogP contribution is 2.25. The maximum atomic E-state index is 13.1. The molecule has 3 amide bonds.